The number of likely N-dealkylation sites (tertiary alicyclic amines) is 1. The Morgan fingerprint density at radius 3 is 2.65 bits per heavy atom. The van der Waals surface area contributed by atoms with E-state index in [9.17, 15) is 22.2 Å². The Bertz CT molecular complexity index is 518. The minimum absolute atomic E-state index is 0.0323. The second-order valence-corrected chi connectivity index (χ2v) is 8.08. The molecule has 2 unspecified atom stereocenters. The number of carbonyl (C=O) groups is 2. The number of hydrogen-bond acceptors (Lipinski definition) is 5. The van der Waals surface area contributed by atoms with Crippen LogP contribution in [-0.4, -0.2) is 64.9 Å². The van der Waals surface area contributed by atoms with Crippen LogP contribution >= 0.6 is 0 Å². The molecule has 0 radical (unpaired) electrons. The molecule has 1 fully saturated rings. The van der Waals surface area contributed by atoms with Gasteiger partial charge in [-0.05, 0) is 6.42 Å². The van der Waals surface area contributed by atoms with Crippen molar-refractivity contribution in [3.05, 3.63) is 0 Å². The molecule has 0 aromatic carbocycles. The lowest BCUT2D eigenvalue weighted by atomic mass is 10.1. The van der Waals surface area contributed by atoms with E-state index in [1.54, 1.807) is 0 Å². The molecule has 1 aliphatic heterocycles. The Morgan fingerprint density at radius 1 is 1.60 bits per heavy atom. The van der Waals surface area contributed by atoms with Crippen LogP contribution in [0.3, 0.4) is 0 Å². The predicted molar refractivity (Wildman–Crippen MR) is 72.8 cm³/mol. The molecular weight excluding hydrogens is 308 g/mol. The molecule has 0 bridgehead atoms. The number of nitrogens with two attached hydrogens (primary N) is 1. The van der Waals surface area contributed by atoms with Crippen LogP contribution in [0.2, 0.25) is 0 Å². The van der Waals surface area contributed by atoms with Crippen LogP contribution in [0.4, 0.5) is 0 Å². The Morgan fingerprint density at radius 2 is 2.20 bits per heavy atom. The lowest BCUT2D eigenvalue weighted by Gasteiger charge is -2.24. The Labute approximate surface area is 119 Å². The molecule has 0 spiro atoms. The van der Waals surface area contributed by atoms with Gasteiger partial charge in [0.25, 0.3) is 0 Å². The average molecular weight is 326 g/mol. The lowest BCUT2D eigenvalue weighted by molar-refractivity contribution is -0.148. The summed E-state index contributed by atoms with van der Waals surface area (Å²) in [6.07, 6.45) is 1.50. The Hall–Kier alpha value is -1.00. The molecule has 1 aliphatic rings. The van der Waals surface area contributed by atoms with Crippen molar-refractivity contribution in [3.63, 3.8) is 0 Å². The minimum Gasteiger partial charge on any atom is -0.480 e. The molecule has 10 heteroatoms. The van der Waals surface area contributed by atoms with Gasteiger partial charge in [0.15, 0.2) is 0 Å². The maximum Gasteiger partial charge on any atom is 0.326 e. The van der Waals surface area contributed by atoms with Gasteiger partial charge in [-0.25, -0.2) is 18.4 Å². The van der Waals surface area contributed by atoms with Gasteiger partial charge in [0.1, 0.15) is 6.04 Å². The number of primary sulfonamides is 1. The molecule has 0 aliphatic carbocycles. The summed E-state index contributed by atoms with van der Waals surface area (Å²) in [6, 6.07) is -1.07. The first kappa shape index (κ1) is 17.1. The summed E-state index contributed by atoms with van der Waals surface area (Å²) in [7, 11) is -4.86. The maximum absolute atomic E-state index is 11.8. The van der Waals surface area contributed by atoms with Crippen molar-refractivity contribution in [2.24, 2.45) is 11.1 Å². The highest BCUT2D eigenvalue weighted by Crippen LogP contribution is 2.22. The zero-order valence-corrected chi connectivity index (χ0v) is 12.7. The van der Waals surface area contributed by atoms with Crippen molar-refractivity contribution in [1.29, 1.82) is 0 Å². The monoisotopic (exact) mass is 326 g/mol. The van der Waals surface area contributed by atoms with Gasteiger partial charge in [-0.2, -0.15) is 0 Å². The third-order valence-corrected chi connectivity index (χ3v) is 4.79. The van der Waals surface area contributed by atoms with E-state index in [0.29, 0.717) is 0 Å². The first-order valence-corrected chi connectivity index (χ1v) is 9.37. The summed E-state index contributed by atoms with van der Waals surface area (Å²) in [5, 5.41) is 14.1. The van der Waals surface area contributed by atoms with Crippen LogP contribution < -0.4 is 5.14 Å². The SMILES string of the molecule is CS(=O)CC[C@@H](C(=O)O)N1CC(CS(N)(=O)=O)CC1=O. The van der Waals surface area contributed by atoms with Crippen molar-refractivity contribution >= 4 is 32.7 Å². The van der Waals surface area contributed by atoms with Crippen molar-refractivity contribution in [1.82, 2.24) is 4.90 Å². The van der Waals surface area contributed by atoms with E-state index in [1.165, 1.54) is 6.26 Å². The molecule has 1 rings (SSSR count). The molecule has 20 heavy (non-hydrogen) atoms. The normalized spacial score (nSPS) is 22.8. The summed E-state index contributed by atoms with van der Waals surface area (Å²) in [5.41, 5.74) is 0. The van der Waals surface area contributed by atoms with E-state index in [-0.39, 0.29) is 30.9 Å². The van der Waals surface area contributed by atoms with Gasteiger partial charge in [0.05, 0.1) is 5.75 Å². The molecule has 1 amide bonds. The number of nitrogens with zero attached hydrogens (tertiary/aromatic N) is 1. The predicted octanol–water partition coefficient (Wildman–Crippen LogP) is -1.65. The van der Waals surface area contributed by atoms with Gasteiger partial charge < -0.3 is 10.0 Å². The van der Waals surface area contributed by atoms with E-state index < -0.39 is 44.7 Å². The van der Waals surface area contributed by atoms with Crippen molar-refractivity contribution in [2.45, 2.75) is 18.9 Å². The molecule has 1 saturated heterocycles. The van der Waals surface area contributed by atoms with Crippen LogP contribution in [-0.2, 0) is 30.4 Å². The Kier molecular flexibility index (Phi) is 5.66. The van der Waals surface area contributed by atoms with Crippen LogP contribution in [0, 0.1) is 5.92 Å². The zero-order valence-electron chi connectivity index (χ0n) is 11.0. The highest BCUT2D eigenvalue weighted by molar-refractivity contribution is 7.89. The van der Waals surface area contributed by atoms with Crippen LogP contribution in [0.1, 0.15) is 12.8 Å². The van der Waals surface area contributed by atoms with Crippen LogP contribution in [0.15, 0.2) is 0 Å². The molecule has 0 aromatic rings. The molecule has 1 heterocycles. The smallest absolute Gasteiger partial charge is 0.326 e. The van der Waals surface area contributed by atoms with Gasteiger partial charge in [-0.1, -0.05) is 0 Å². The number of aliphatic carboxylic acids is 1. The molecule has 3 N–H and O–H groups in total. The summed E-state index contributed by atoms with van der Waals surface area (Å²) < 4.78 is 33.1. The van der Waals surface area contributed by atoms with Gasteiger partial charge in [-0.3, -0.25) is 9.00 Å². The quantitative estimate of drug-likeness (QED) is 0.575. The summed E-state index contributed by atoms with van der Waals surface area (Å²) in [6.45, 7) is 0.0442. The number of sulfonamides is 1. The summed E-state index contributed by atoms with van der Waals surface area (Å²) in [5.74, 6) is -2.26. The van der Waals surface area contributed by atoms with Gasteiger partial charge in [-0.15, -0.1) is 0 Å². The van der Waals surface area contributed by atoms with Crippen molar-refractivity contribution < 1.29 is 27.3 Å². The fourth-order valence-electron chi connectivity index (χ4n) is 2.24. The summed E-state index contributed by atoms with van der Waals surface area (Å²) >= 11 is 0. The van der Waals surface area contributed by atoms with E-state index in [0.717, 1.165) is 4.90 Å². The molecule has 0 aromatic heterocycles. The van der Waals surface area contributed by atoms with Crippen molar-refractivity contribution in [3.8, 4) is 0 Å². The Balaban J connectivity index is 2.75. The molecule has 116 valence electrons. The van der Waals surface area contributed by atoms with Crippen molar-refractivity contribution in [2.75, 3.05) is 24.3 Å². The molecular formula is C10H18N2O6S2. The number of carboxylic acid groups (broad SMARTS) is 1. The van der Waals surface area contributed by atoms with Gasteiger partial charge >= 0.3 is 5.97 Å². The topological polar surface area (TPSA) is 135 Å². The van der Waals surface area contributed by atoms with E-state index in [2.05, 4.69) is 0 Å². The average Bonchev–Trinajstić information content (AvgIpc) is 2.56. The number of rotatable bonds is 7. The fraction of sp³-hybridized carbons (Fsp3) is 0.800. The second-order valence-electron chi connectivity index (χ2n) is 4.87. The largest absolute Gasteiger partial charge is 0.480 e. The second kappa shape index (κ2) is 6.64. The first-order chi connectivity index (χ1) is 9.10. The molecule has 3 atom stereocenters. The lowest BCUT2D eigenvalue weighted by Crippen LogP contribution is -2.43. The minimum atomic E-state index is -3.70. The molecule has 8 nitrogen and oxygen atoms in total. The number of carboxylic acids is 1. The number of carbonyl (C=O) groups excluding carboxylic acids is 1. The third kappa shape index (κ3) is 5.17. The standard InChI is InChI=1S/C10H18N2O6S2/c1-19(16)3-2-8(10(14)15)12-5-7(4-9(12)13)6-20(11,17)18/h7-8H,2-6H2,1H3,(H,14,15)(H2,11,17,18)/t7?,8-,19?/m0/s1. The molecule has 0 saturated carbocycles. The highest BCUT2D eigenvalue weighted by Gasteiger charge is 2.38. The zero-order chi connectivity index (χ0) is 15.5. The van der Waals surface area contributed by atoms with E-state index >= 15 is 0 Å². The highest BCUT2D eigenvalue weighted by atomic mass is 32.2. The first-order valence-electron chi connectivity index (χ1n) is 5.93. The van der Waals surface area contributed by atoms with E-state index in [4.69, 9.17) is 10.2 Å². The summed E-state index contributed by atoms with van der Waals surface area (Å²) in [4.78, 5) is 24.2. The van der Waals surface area contributed by atoms with Crippen LogP contribution in [0.5, 0.6) is 0 Å². The maximum atomic E-state index is 11.8. The number of amides is 1. The van der Waals surface area contributed by atoms with Crippen LogP contribution in [0.25, 0.3) is 0 Å². The van der Waals surface area contributed by atoms with Gasteiger partial charge in [0.2, 0.25) is 15.9 Å². The fourth-order valence-corrected chi connectivity index (χ4v) is 3.68. The third-order valence-electron chi connectivity index (χ3n) is 3.05. The van der Waals surface area contributed by atoms with E-state index in [1.807, 2.05) is 0 Å². The number of hydrogen-bond donors (Lipinski definition) is 2. The van der Waals surface area contributed by atoms with Gasteiger partial charge in [0, 0.05) is 41.7 Å².